The maximum absolute atomic E-state index is 13.4. The highest BCUT2D eigenvalue weighted by atomic mass is 19.1. The zero-order valence-electron chi connectivity index (χ0n) is 15.7. The van der Waals surface area contributed by atoms with E-state index in [1.807, 2.05) is 36.4 Å². The minimum atomic E-state index is -0.265. The first kappa shape index (κ1) is 17.6. The highest BCUT2D eigenvalue weighted by Crippen LogP contribution is 2.44. The minimum absolute atomic E-state index is 0.0257. The first-order valence-electron chi connectivity index (χ1n) is 9.73. The van der Waals surface area contributed by atoms with Crippen molar-refractivity contribution in [3.63, 3.8) is 0 Å². The van der Waals surface area contributed by atoms with Crippen LogP contribution in [0, 0.1) is 5.82 Å². The third kappa shape index (κ3) is 3.29. The molecule has 1 aliphatic heterocycles. The Morgan fingerprint density at radius 2 is 1.59 bits per heavy atom. The van der Waals surface area contributed by atoms with E-state index in [0.717, 1.165) is 33.8 Å². The summed E-state index contributed by atoms with van der Waals surface area (Å²) in [4.78, 5) is 17.5. The normalized spacial score (nSPS) is 20.8. The van der Waals surface area contributed by atoms with Gasteiger partial charge in [-0.05, 0) is 59.9 Å². The zero-order valence-corrected chi connectivity index (χ0v) is 15.7. The van der Waals surface area contributed by atoms with Crippen LogP contribution >= 0.6 is 0 Å². The summed E-state index contributed by atoms with van der Waals surface area (Å²) >= 11 is 0. The van der Waals surface area contributed by atoms with Gasteiger partial charge < -0.3 is 10.6 Å². The minimum Gasteiger partial charge on any atom is -0.372 e. The fourth-order valence-electron chi connectivity index (χ4n) is 4.27. The molecule has 4 nitrogen and oxygen atoms in total. The Balaban J connectivity index is 1.60. The number of pyridine rings is 1. The molecule has 1 aromatic heterocycles. The largest absolute Gasteiger partial charge is 0.372 e. The molecule has 0 amide bonds. The molecule has 5 heteroatoms. The van der Waals surface area contributed by atoms with Gasteiger partial charge in [-0.3, -0.25) is 9.78 Å². The lowest BCUT2D eigenvalue weighted by atomic mass is 9.78. The van der Waals surface area contributed by atoms with Crippen LogP contribution in [0.1, 0.15) is 35.9 Å². The Morgan fingerprint density at radius 1 is 0.862 bits per heavy atom. The van der Waals surface area contributed by atoms with E-state index in [0.29, 0.717) is 12.8 Å². The van der Waals surface area contributed by atoms with Crippen molar-refractivity contribution in [3.05, 3.63) is 101 Å². The predicted molar refractivity (Wildman–Crippen MR) is 111 cm³/mol. The number of fused-ring (bicyclic) bond motifs is 1. The van der Waals surface area contributed by atoms with Gasteiger partial charge >= 0.3 is 0 Å². The number of benzene rings is 2. The van der Waals surface area contributed by atoms with E-state index >= 15 is 0 Å². The van der Waals surface area contributed by atoms with E-state index in [2.05, 4.69) is 15.6 Å². The second-order valence-corrected chi connectivity index (χ2v) is 7.50. The number of ketones is 1. The lowest BCUT2D eigenvalue weighted by Crippen LogP contribution is -2.26. The van der Waals surface area contributed by atoms with Gasteiger partial charge in [-0.2, -0.15) is 0 Å². The van der Waals surface area contributed by atoms with Gasteiger partial charge in [0.2, 0.25) is 0 Å². The van der Waals surface area contributed by atoms with E-state index in [1.165, 1.54) is 12.1 Å². The Bertz CT molecular complexity index is 1090. The number of anilines is 2. The Hall–Kier alpha value is -3.47. The van der Waals surface area contributed by atoms with E-state index in [9.17, 15) is 9.18 Å². The molecule has 2 heterocycles. The molecule has 0 saturated heterocycles. The van der Waals surface area contributed by atoms with Crippen LogP contribution in [0.2, 0.25) is 0 Å². The van der Waals surface area contributed by atoms with Gasteiger partial charge in [0.15, 0.2) is 5.78 Å². The number of halogens is 1. The topological polar surface area (TPSA) is 54.0 Å². The Kier molecular flexibility index (Phi) is 4.35. The zero-order chi connectivity index (χ0) is 19.8. The van der Waals surface area contributed by atoms with Crippen molar-refractivity contribution in [2.24, 2.45) is 0 Å². The van der Waals surface area contributed by atoms with Crippen molar-refractivity contribution >= 4 is 17.2 Å². The van der Waals surface area contributed by atoms with Crippen LogP contribution in [0.3, 0.4) is 0 Å². The molecule has 3 aromatic rings. The average Bonchev–Trinajstić information content (AvgIpc) is 2.92. The summed E-state index contributed by atoms with van der Waals surface area (Å²) in [6.07, 6.45) is 4.60. The maximum Gasteiger partial charge on any atom is 0.163 e. The molecule has 0 spiro atoms. The second kappa shape index (κ2) is 7.17. The summed E-state index contributed by atoms with van der Waals surface area (Å²) < 4.78 is 13.4. The van der Waals surface area contributed by atoms with Gasteiger partial charge in [-0.1, -0.05) is 24.3 Å². The molecule has 29 heavy (non-hydrogen) atoms. The monoisotopic (exact) mass is 385 g/mol. The van der Waals surface area contributed by atoms with Crippen molar-refractivity contribution in [1.29, 1.82) is 0 Å². The molecule has 144 valence electrons. The molecule has 5 rings (SSSR count). The summed E-state index contributed by atoms with van der Waals surface area (Å²) in [6.45, 7) is 0. The first-order chi connectivity index (χ1) is 14.2. The molecular weight excluding hydrogens is 365 g/mol. The number of Topliss-reactive ketones (excluding diaryl/α,β-unsaturated/α-hetero) is 1. The third-order valence-electron chi connectivity index (χ3n) is 5.69. The van der Waals surface area contributed by atoms with Gasteiger partial charge in [0.1, 0.15) is 5.82 Å². The number of rotatable bonds is 2. The number of carbonyl (C=O) groups excluding carboxylic acids is 1. The number of nitrogens with zero attached hydrogens (tertiary/aromatic N) is 1. The quantitative estimate of drug-likeness (QED) is 0.637. The van der Waals surface area contributed by atoms with E-state index in [-0.39, 0.29) is 23.6 Å². The van der Waals surface area contributed by atoms with Crippen molar-refractivity contribution in [2.75, 3.05) is 10.6 Å². The lowest BCUT2D eigenvalue weighted by molar-refractivity contribution is -0.116. The van der Waals surface area contributed by atoms with Crippen molar-refractivity contribution < 1.29 is 9.18 Å². The van der Waals surface area contributed by atoms with Crippen molar-refractivity contribution in [1.82, 2.24) is 4.98 Å². The lowest BCUT2D eigenvalue weighted by Gasteiger charge is -2.29. The highest BCUT2D eigenvalue weighted by Gasteiger charge is 2.35. The summed E-state index contributed by atoms with van der Waals surface area (Å²) in [5, 5.41) is 7.06. The van der Waals surface area contributed by atoms with Gasteiger partial charge in [0.05, 0.1) is 17.4 Å². The summed E-state index contributed by atoms with van der Waals surface area (Å²) in [5.74, 6) is -0.132. The summed E-state index contributed by atoms with van der Waals surface area (Å²) in [5.41, 5.74) is 5.58. The van der Waals surface area contributed by atoms with E-state index in [1.54, 1.807) is 24.5 Å². The van der Waals surface area contributed by atoms with Gasteiger partial charge in [0.25, 0.3) is 0 Å². The van der Waals surface area contributed by atoms with Crippen molar-refractivity contribution in [2.45, 2.75) is 24.8 Å². The molecule has 0 unspecified atom stereocenters. The van der Waals surface area contributed by atoms with Crippen LogP contribution in [-0.2, 0) is 4.79 Å². The van der Waals surface area contributed by atoms with Crippen LogP contribution in [0.5, 0.6) is 0 Å². The number of hydrogen-bond donors (Lipinski definition) is 2. The fraction of sp³-hybridized carbons (Fsp3) is 0.167. The molecule has 2 aliphatic rings. The molecule has 2 aromatic carbocycles. The molecule has 2 N–H and O–H groups in total. The van der Waals surface area contributed by atoms with Gasteiger partial charge in [0, 0.05) is 30.1 Å². The Labute approximate surface area is 168 Å². The Morgan fingerprint density at radius 3 is 2.34 bits per heavy atom. The van der Waals surface area contributed by atoms with Crippen LogP contribution in [0.4, 0.5) is 15.8 Å². The SMILES string of the molecule is O=C1C[C@@H](c2ccc(F)cc2)CC2=C1[C@@H](c1ccncc1)Nc1ccccc1N2. The fourth-order valence-corrected chi connectivity index (χ4v) is 4.27. The molecule has 2 atom stereocenters. The standard InChI is InChI=1S/C24H20FN3O/c25-18-7-5-15(6-8-18)17-13-21-23(22(29)14-17)24(16-9-11-26-12-10-16)28-20-4-2-1-3-19(20)27-21/h1-12,17,24,27-28H,13-14H2/t17-,24+/m0/s1. The van der Waals surface area contributed by atoms with E-state index in [4.69, 9.17) is 0 Å². The molecular formula is C24H20FN3O. The van der Waals surface area contributed by atoms with Crippen molar-refractivity contribution in [3.8, 4) is 0 Å². The van der Waals surface area contributed by atoms with Crippen LogP contribution in [0.15, 0.2) is 84.3 Å². The summed E-state index contributed by atoms with van der Waals surface area (Å²) in [7, 11) is 0. The van der Waals surface area contributed by atoms with Crippen LogP contribution in [0.25, 0.3) is 0 Å². The highest BCUT2D eigenvalue weighted by molar-refractivity contribution is 6.01. The van der Waals surface area contributed by atoms with Gasteiger partial charge in [-0.25, -0.2) is 4.39 Å². The smallest absolute Gasteiger partial charge is 0.163 e. The van der Waals surface area contributed by atoms with Gasteiger partial charge in [-0.15, -0.1) is 0 Å². The number of carbonyl (C=O) groups is 1. The predicted octanol–water partition coefficient (Wildman–Crippen LogP) is 5.20. The molecule has 0 saturated carbocycles. The molecule has 0 radical (unpaired) electrons. The number of para-hydroxylation sites is 2. The number of aromatic nitrogens is 1. The maximum atomic E-state index is 13.4. The van der Waals surface area contributed by atoms with Crippen LogP contribution < -0.4 is 10.6 Å². The first-order valence-corrected chi connectivity index (χ1v) is 9.73. The molecule has 0 bridgehead atoms. The number of nitrogens with one attached hydrogen (secondary N) is 2. The third-order valence-corrected chi connectivity index (χ3v) is 5.69. The average molecular weight is 385 g/mol. The van der Waals surface area contributed by atoms with E-state index < -0.39 is 0 Å². The van der Waals surface area contributed by atoms with Crippen LogP contribution in [-0.4, -0.2) is 10.8 Å². The summed E-state index contributed by atoms with van der Waals surface area (Å²) in [6, 6.07) is 18.1. The molecule has 0 fully saturated rings. The number of allylic oxidation sites excluding steroid dienone is 1. The second-order valence-electron chi connectivity index (χ2n) is 7.50. The number of hydrogen-bond acceptors (Lipinski definition) is 4. The molecule has 1 aliphatic carbocycles.